The van der Waals surface area contributed by atoms with Crippen molar-refractivity contribution in [3.63, 3.8) is 0 Å². The average Bonchev–Trinajstić information content (AvgIpc) is 2.94. The zero-order valence-electron chi connectivity index (χ0n) is 11.8. The van der Waals surface area contributed by atoms with Crippen LogP contribution >= 0.6 is 0 Å². The number of hydrogen-bond acceptors (Lipinski definition) is 5. The van der Waals surface area contributed by atoms with Gasteiger partial charge in [-0.2, -0.15) is 0 Å². The Morgan fingerprint density at radius 2 is 2.29 bits per heavy atom. The molecule has 7 heteroatoms. The zero-order valence-corrected chi connectivity index (χ0v) is 11.8. The number of carboxylic acids is 1. The van der Waals surface area contributed by atoms with Gasteiger partial charge in [0.2, 0.25) is 0 Å². The van der Waals surface area contributed by atoms with Crippen LogP contribution in [0.5, 0.6) is 5.75 Å². The lowest BCUT2D eigenvalue weighted by atomic mass is 10.1. The highest BCUT2D eigenvalue weighted by atomic mass is 16.6. The van der Waals surface area contributed by atoms with Crippen LogP contribution < -0.4 is 9.64 Å². The van der Waals surface area contributed by atoms with Crippen LogP contribution in [0.4, 0.5) is 11.4 Å². The summed E-state index contributed by atoms with van der Waals surface area (Å²) in [5, 5.41) is 20.0. The minimum atomic E-state index is -0.828. The predicted octanol–water partition coefficient (Wildman–Crippen LogP) is 2.29. The Morgan fingerprint density at radius 1 is 1.52 bits per heavy atom. The summed E-state index contributed by atoms with van der Waals surface area (Å²) in [5.41, 5.74) is 0.594. The molecular formula is C14H18N2O5. The summed E-state index contributed by atoms with van der Waals surface area (Å²) in [6.45, 7) is 3.38. The maximum atomic E-state index is 11.0. The van der Waals surface area contributed by atoms with Crippen LogP contribution in [-0.2, 0) is 4.79 Å². The van der Waals surface area contributed by atoms with Crippen LogP contribution in [0.2, 0.25) is 0 Å². The van der Waals surface area contributed by atoms with Gasteiger partial charge in [0.05, 0.1) is 23.5 Å². The van der Waals surface area contributed by atoms with E-state index in [-0.39, 0.29) is 5.69 Å². The van der Waals surface area contributed by atoms with E-state index in [0.717, 1.165) is 6.42 Å². The van der Waals surface area contributed by atoms with Crippen LogP contribution in [0.3, 0.4) is 0 Å². The van der Waals surface area contributed by atoms with E-state index >= 15 is 0 Å². The van der Waals surface area contributed by atoms with Crippen molar-refractivity contribution in [2.45, 2.75) is 19.8 Å². The van der Waals surface area contributed by atoms with Gasteiger partial charge in [-0.05, 0) is 12.8 Å². The molecule has 0 radical (unpaired) electrons. The van der Waals surface area contributed by atoms with Crippen molar-refractivity contribution >= 4 is 17.3 Å². The summed E-state index contributed by atoms with van der Waals surface area (Å²) in [6, 6.07) is 4.58. The Bertz CT molecular complexity index is 546. The topological polar surface area (TPSA) is 92.9 Å². The number of hydrogen-bond donors (Lipinski definition) is 1. The highest BCUT2D eigenvalue weighted by Gasteiger charge is 2.29. The molecule has 1 N–H and O–H groups in total. The standard InChI is InChI=1S/C14H18N2O5/c1-2-5-21-13-7-11(6-12(8-13)16(19)20)15-4-3-10(9-15)14(17)18/h6-8,10H,2-5,9H2,1H3,(H,17,18). The highest BCUT2D eigenvalue weighted by Crippen LogP contribution is 2.31. The van der Waals surface area contributed by atoms with Gasteiger partial charge in [0, 0.05) is 30.9 Å². The summed E-state index contributed by atoms with van der Waals surface area (Å²) in [5.74, 6) is -0.811. The van der Waals surface area contributed by atoms with E-state index in [4.69, 9.17) is 9.84 Å². The van der Waals surface area contributed by atoms with Gasteiger partial charge in [0.25, 0.3) is 5.69 Å². The van der Waals surface area contributed by atoms with Crippen molar-refractivity contribution in [2.75, 3.05) is 24.6 Å². The van der Waals surface area contributed by atoms with Gasteiger partial charge >= 0.3 is 5.97 Å². The number of nitro groups is 1. The second-order valence-electron chi connectivity index (χ2n) is 5.06. The van der Waals surface area contributed by atoms with Gasteiger partial charge in [-0.15, -0.1) is 0 Å². The molecule has 7 nitrogen and oxygen atoms in total. The van der Waals surface area contributed by atoms with E-state index in [0.29, 0.717) is 37.6 Å². The number of nitro benzene ring substituents is 1. The van der Waals surface area contributed by atoms with Gasteiger partial charge < -0.3 is 14.7 Å². The number of carbonyl (C=O) groups is 1. The zero-order chi connectivity index (χ0) is 15.4. The third kappa shape index (κ3) is 3.62. The number of nitrogens with zero attached hydrogens (tertiary/aromatic N) is 2. The normalized spacial score (nSPS) is 17.8. The van der Waals surface area contributed by atoms with Gasteiger partial charge in [-0.25, -0.2) is 0 Å². The summed E-state index contributed by atoms with van der Waals surface area (Å²) in [6.07, 6.45) is 1.35. The number of aliphatic carboxylic acids is 1. The first-order valence-electron chi connectivity index (χ1n) is 6.91. The number of ether oxygens (including phenoxy) is 1. The van der Waals surface area contributed by atoms with Crippen LogP contribution in [-0.4, -0.2) is 35.7 Å². The molecule has 21 heavy (non-hydrogen) atoms. The van der Waals surface area contributed by atoms with Crippen molar-refractivity contribution < 1.29 is 19.6 Å². The minimum absolute atomic E-state index is 0.0441. The van der Waals surface area contributed by atoms with E-state index in [1.165, 1.54) is 12.1 Å². The third-order valence-corrected chi connectivity index (χ3v) is 3.46. The molecule has 114 valence electrons. The van der Waals surface area contributed by atoms with Crippen molar-refractivity contribution in [3.05, 3.63) is 28.3 Å². The molecule has 0 saturated carbocycles. The molecule has 1 atom stereocenters. The Balaban J connectivity index is 2.23. The number of rotatable bonds is 6. The molecule has 1 fully saturated rings. The van der Waals surface area contributed by atoms with Crippen LogP contribution in [0.25, 0.3) is 0 Å². The highest BCUT2D eigenvalue weighted by molar-refractivity contribution is 5.72. The predicted molar refractivity (Wildman–Crippen MR) is 76.8 cm³/mol. The number of anilines is 1. The van der Waals surface area contributed by atoms with E-state index < -0.39 is 16.8 Å². The van der Waals surface area contributed by atoms with Crippen molar-refractivity contribution in [3.8, 4) is 5.75 Å². The first kappa shape index (κ1) is 15.1. The number of non-ortho nitro benzene ring substituents is 1. The lowest BCUT2D eigenvalue weighted by Crippen LogP contribution is -2.22. The van der Waals surface area contributed by atoms with Crippen molar-refractivity contribution in [2.24, 2.45) is 5.92 Å². The summed E-state index contributed by atoms with van der Waals surface area (Å²) in [7, 11) is 0. The lowest BCUT2D eigenvalue weighted by Gasteiger charge is -2.19. The van der Waals surface area contributed by atoms with Crippen LogP contribution in [0.15, 0.2) is 18.2 Å². The van der Waals surface area contributed by atoms with Gasteiger partial charge in [-0.1, -0.05) is 6.92 Å². The molecular weight excluding hydrogens is 276 g/mol. The molecule has 2 rings (SSSR count). The summed E-state index contributed by atoms with van der Waals surface area (Å²) in [4.78, 5) is 23.4. The van der Waals surface area contributed by atoms with E-state index in [9.17, 15) is 14.9 Å². The molecule has 0 aliphatic carbocycles. The third-order valence-electron chi connectivity index (χ3n) is 3.46. The number of carboxylic acid groups (broad SMARTS) is 1. The molecule has 1 unspecified atom stereocenters. The Morgan fingerprint density at radius 3 is 2.86 bits per heavy atom. The molecule has 1 aliphatic heterocycles. The Hall–Kier alpha value is -2.31. The Labute approximate surface area is 122 Å². The molecule has 1 aromatic carbocycles. The summed E-state index contributed by atoms with van der Waals surface area (Å²) >= 11 is 0. The second kappa shape index (κ2) is 6.43. The Kier molecular flexibility index (Phi) is 4.62. The molecule has 1 aliphatic rings. The molecule has 1 aromatic rings. The first-order valence-corrected chi connectivity index (χ1v) is 6.91. The average molecular weight is 294 g/mol. The fourth-order valence-corrected chi connectivity index (χ4v) is 2.36. The van der Waals surface area contributed by atoms with Gasteiger partial charge in [0.15, 0.2) is 0 Å². The van der Waals surface area contributed by atoms with Crippen molar-refractivity contribution in [1.29, 1.82) is 0 Å². The largest absolute Gasteiger partial charge is 0.493 e. The minimum Gasteiger partial charge on any atom is -0.493 e. The molecule has 0 aromatic heterocycles. The molecule has 0 bridgehead atoms. The SMILES string of the molecule is CCCOc1cc(N2CCC(C(=O)O)C2)cc([N+](=O)[O-])c1. The second-order valence-corrected chi connectivity index (χ2v) is 5.06. The molecule has 1 saturated heterocycles. The molecule has 1 heterocycles. The number of benzene rings is 1. The van der Waals surface area contributed by atoms with Crippen LogP contribution in [0.1, 0.15) is 19.8 Å². The van der Waals surface area contributed by atoms with Crippen LogP contribution in [0, 0.1) is 16.0 Å². The van der Waals surface area contributed by atoms with Gasteiger partial charge in [-0.3, -0.25) is 14.9 Å². The first-order chi connectivity index (χ1) is 10.0. The maximum Gasteiger partial charge on any atom is 0.308 e. The van der Waals surface area contributed by atoms with E-state index in [2.05, 4.69) is 0 Å². The monoisotopic (exact) mass is 294 g/mol. The molecule has 0 amide bonds. The fourth-order valence-electron chi connectivity index (χ4n) is 2.36. The maximum absolute atomic E-state index is 11.0. The summed E-state index contributed by atoms with van der Waals surface area (Å²) < 4.78 is 5.47. The van der Waals surface area contributed by atoms with E-state index in [1.807, 2.05) is 11.8 Å². The van der Waals surface area contributed by atoms with E-state index in [1.54, 1.807) is 6.07 Å². The fraction of sp³-hybridized carbons (Fsp3) is 0.500. The quantitative estimate of drug-likeness (QED) is 0.639. The lowest BCUT2D eigenvalue weighted by molar-refractivity contribution is -0.384. The molecule has 0 spiro atoms. The van der Waals surface area contributed by atoms with Gasteiger partial charge in [0.1, 0.15) is 5.75 Å². The smallest absolute Gasteiger partial charge is 0.308 e. The van der Waals surface area contributed by atoms with Crippen molar-refractivity contribution in [1.82, 2.24) is 0 Å².